The van der Waals surface area contributed by atoms with Gasteiger partial charge < -0.3 is 19.5 Å². The largest absolute Gasteiger partial charge is 0.456 e. The summed E-state index contributed by atoms with van der Waals surface area (Å²) in [6, 6.07) is 11.6. The third-order valence-electron chi connectivity index (χ3n) is 8.21. The zero-order valence-electron chi connectivity index (χ0n) is 29.6. The summed E-state index contributed by atoms with van der Waals surface area (Å²) in [6.45, 7) is 9.26. The van der Waals surface area contributed by atoms with Gasteiger partial charge in [-0.2, -0.15) is 0 Å². The number of carbonyl (C=O) groups is 4. The Morgan fingerprint density at radius 1 is 1.02 bits per heavy atom. The van der Waals surface area contributed by atoms with Gasteiger partial charge in [0.05, 0.1) is 8.10 Å². The van der Waals surface area contributed by atoms with Crippen molar-refractivity contribution in [3.8, 4) is 22.5 Å². The number of nitrogens with zero attached hydrogens (tertiary/aromatic N) is 3. The molecular weight excluding hydrogens is 596 g/mol. The Morgan fingerprint density at radius 2 is 1.77 bits per heavy atom. The predicted octanol–water partition coefficient (Wildman–Crippen LogP) is 6.41. The fourth-order valence-corrected chi connectivity index (χ4v) is 5.81. The summed E-state index contributed by atoms with van der Waals surface area (Å²) in [5, 5.41) is 5.02. The summed E-state index contributed by atoms with van der Waals surface area (Å²) in [7, 11) is 1.73. The summed E-state index contributed by atoms with van der Waals surface area (Å²) >= 11 is 0. The standard InChI is InChI=1S/C37H42N4O6/c1-6-38-29-21-31-27(19-23(29)3)36(28-20-24(4)30(39-7-2)22-32(28)46-31)25-13-10-11-14-26(25)37(45)40(5)18-12-8-9-15-35(44)47-41-33(42)16-17-34(41)43/h10-11,13-14,19-22,38H,6-9,12,15-18H2,1-5H3/i21D,22D. The first-order valence-corrected chi connectivity index (χ1v) is 16.1. The van der Waals surface area contributed by atoms with Crippen LogP contribution in [-0.2, 0) is 19.2 Å². The van der Waals surface area contributed by atoms with E-state index in [2.05, 4.69) is 10.3 Å². The van der Waals surface area contributed by atoms with E-state index >= 15 is 0 Å². The topological polar surface area (TPSA) is 122 Å². The number of imide groups is 1. The minimum atomic E-state index is -0.638. The molecule has 1 N–H and O–H groups in total. The normalized spacial score (nSPS) is 14.1. The molecule has 2 heterocycles. The van der Waals surface area contributed by atoms with E-state index in [1.165, 1.54) is 0 Å². The molecule has 2 aromatic carbocycles. The molecule has 10 heteroatoms. The number of fused-ring (bicyclic) bond motifs is 2. The van der Waals surface area contributed by atoms with Crippen LogP contribution in [0.1, 0.15) is 76.6 Å². The highest BCUT2D eigenvalue weighted by Gasteiger charge is 2.32. The fraction of sp³-hybridized carbons (Fsp3) is 0.378. The number of carbonyl (C=O) groups excluding carboxylic acids is 4. The van der Waals surface area contributed by atoms with Gasteiger partial charge in [0.25, 0.3) is 17.7 Å². The molecular formula is C37H42N4O6. The van der Waals surface area contributed by atoms with Crippen LogP contribution in [0.2, 0.25) is 0 Å². The third-order valence-corrected chi connectivity index (χ3v) is 8.21. The number of nitrogens with one attached hydrogen (secondary N) is 1. The van der Waals surface area contributed by atoms with Crippen LogP contribution in [0.25, 0.3) is 33.4 Å². The van der Waals surface area contributed by atoms with Gasteiger partial charge in [0.1, 0.15) is 11.3 Å². The van der Waals surface area contributed by atoms with Gasteiger partial charge in [-0.25, -0.2) is 4.79 Å². The zero-order valence-corrected chi connectivity index (χ0v) is 27.6. The highest BCUT2D eigenvalue weighted by molar-refractivity contribution is 6.09. The molecule has 0 aromatic heterocycles. The lowest BCUT2D eigenvalue weighted by Crippen LogP contribution is -2.32. The second-order valence-corrected chi connectivity index (χ2v) is 11.7. The minimum Gasteiger partial charge on any atom is -0.456 e. The van der Waals surface area contributed by atoms with Crippen molar-refractivity contribution in [2.24, 2.45) is 4.99 Å². The summed E-state index contributed by atoms with van der Waals surface area (Å²) in [4.78, 5) is 60.7. The minimum absolute atomic E-state index is 0.0466. The number of unbranched alkanes of at least 4 members (excludes halogenated alkanes) is 2. The molecule has 246 valence electrons. The van der Waals surface area contributed by atoms with Crippen molar-refractivity contribution in [2.75, 3.05) is 32.0 Å². The van der Waals surface area contributed by atoms with Gasteiger partial charge in [-0.15, -0.1) is 5.06 Å². The van der Waals surface area contributed by atoms with Gasteiger partial charge >= 0.3 is 5.97 Å². The van der Waals surface area contributed by atoms with Crippen LogP contribution in [0.4, 0.5) is 5.69 Å². The van der Waals surface area contributed by atoms with Gasteiger partial charge in [-0.05, 0) is 75.4 Å². The molecule has 0 atom stereocenters. The molecule has 0 unspecified atom stereocenters. The van der Waals surface area contributed by atoms with Gasteiger partial charge in [0.15, 0.2) is 0 Å². The molecule has 1 saturated heterocycles. The second kappa shape index (κ2) is 14.6. The zero-order chi connectivity index (χ0) is 35.4. The average molecular weight is 641 g/mol. The first-order chi connectivity index (χ1) is 23.5. The van der Waals surface area contributed by atoms with Gasteiger partial charge in [0.2, 0.25) is 0 Å². The predicted molar refractivity (Wildman–Crippen MR) is 181 cm³/mol. The van der Waals surface area contributed by atoms with Crippen LogP contribution in [0.3, 0.4) is 0 Å². The van der Waals surface area contributed by atoms with Crippen LogP contribution in [0.5, 0.6) is 0 Å². The Hall–Kier alpha value is -4.99. The van der Waals surface area contributed by atoms with Crippen LogP contribution >= 0.6 is 0 Å². The maximum Gasteiger partial charge on any atom is 0.333 e. The molecule has 47 heavy (non-hydrogen) atoms. The molecule has 0 bridgehead atoms. The summed E-state index contributed by atoms with van der Waals surface area (Å²) in [5.74, 6) is -1.56. The van der Waals surface area contributed by atoms with E-state index in [0.717, 1.165) is 11.1 Å². The number of rotatable bonds is 12. The molecule has 10 nitrogen and oxygen atoms in total. The quantitative estimate of drug-likeness (QED) is 0.108. The van der Waals surface area contributed by atoms with Gasteiger partial charge in [0, 0.05) is 85.8 Å². The van der Waals surface area contributed by atoms with Crippen molar-refractivity contribution in [2.45, 2.75) is 66.2 Å². The first-order valence-electron chi connectivity index (χ1n) is 17.1. The number of benzene rings is 3. The second-order valence-electron chi connectivity index (χ2n) is 11.7. The molecule has 3 amide bonds. The van der Waals surface area contributed by atoms with E-state index in [4.69, 9.17) is 12.0 Å². The van der Waals surface area contributed by atoms with Crippen LogP contribution in [-0.4, -0.2) is 60.3 Å². The Balaban J connectivity index is 1.46. The monoisotopic (exact) mass is 640 g/mol. The maximum atomic E-state index is 14.0. The van der Waals surface area contributed by atoms with E-state index < -0.39 is 17.8 Å². The smallest absolute Gasteiger partial charge is 0.333 e. The lowest BCUT2D eigenvalue weighted by molar-refractivity contribution is -0.197. The molecule has 3 aliphatic rings. The molecule has 0 saturated carbocycles. The van der Waals surface area contributed by atoms with E-state index in [9.17, 15) is 19.2 Å². The SMILES string of the molecule is [2H]c1c2oc3c([2H])c(NCC)c(C)cc3c(-c3ccccc3C(=O)N(C)CCCCCC(=O)ON3C(=O)CCC3=O)c-2cc(C)c1=NCC. The fourth-order valence-electron chi connectivity index (χ4n) is 5.81. The first kappa shape index (κ1) is 30.7. The number of anilines is 1. The van der Waals surface area contributed by atoms with Crippen LogP contribution in [0, 0.1) is 13.8 Å². The average Bonchev–Trinajstić information content (AvgIpc) is 3.39. The van der Waals surface area contributed by atoms with Crippen LogP contribution < -0.4 is 10.7 Å². The summed E-state index contributed by atoms with van der Waals surface area (Å²) in [6.07, 6.45) is 1.87. The Kier molecular flexibility index (Phi) is 9.53. The molecule has 2 aromatic rings. The number of amides is 3. The number of hydrogen-bond donors (Lipinski definition) is 1. The van der Waals surface area contributed by atoms with E-state index in [-0.39, 0.29) is 37.3 Å². The Labute approximate surface area is 277 Å². The number of hydroxylamine groups is 2. The molecule has 2 aliphatic heterocycles. The van der Waals surface area contributed by atoms with Crippen molar-refractivity contribution in [1.82, 2.24) is 9.96 Å². The van der Waals surface area contributed by atoms with Crippen molar-refractivity contribution >= 4 is 40.3 Å². The number of aryl methyl sites for hydroxylation is 2. The third kappa shape index (κ3) is 7.21. The van der Waals surface area contributed by atoms with Gasteiger partial charge in [-0.3, -0.25) is 19.4 Å². The number of hydrogen-bond acceptors (Lipinski definition) is 8. The van der Waals surface area contributed by atoms with E-state index in [1.54, 1.807) is 18.0 Å². The highest BCUT2D eigenvalue weighted by Crippen LogP contribution is 2.43. The highest BCUT2D eigenvalue weighted by atomic mass is 16.7. The summed E-state index contributed by atoms with van der Waals surface area (Å²) in [5.41, 5.74) is 5.13. The van der Waals surface area contributed by atoms with Crippen molar-refractivity contribution in [3.05, 3.63) is 70.5 Å². The van der Waals surface area contributed by atoms with Crippen molar-refractivity contribution < 1.29 is 31.2 Å². The van der Waals surface area contributed by atoms with E-state index in [0.29, 0.717) is 94.0 Å². The molecule has 1 fully saturated rings. The molecule has 0 radical (unpaired) electrons. The van der Waals surface area contributed by atoms with Crippen molar-refractivity contribution in [1.29, 1.82) is 0 Å². The molecule has 1 aliphatic carbocycles. The maximum absolute atomic E-state index is 14.0. The Bertz CT molecular complexity index is 1970. The van der Waals surface area contributed by atoms with Gasteiger partial charge in [-0.1, -0.05) is 24.6 Å². The lowest BCUT2D eigenvalue weighted by atomic mass is 9.89. The van der Waals surface area contributed by atoms with Crippen molar-refractivity contribution in [3.63, 3.8) is 0 Å². The Morgan fingerprint density at radius 3 is 2.49 bits per heavy atom. The molecule has 0 spiro atoms. The van der Waals surface area contributed by atoms with Crippen LogP contribution in [0.15, 0.2) is 57.9 Å². The summed E-state index contributed by atoms with van der Waals surface area (Å²) < 4.78 is 24.6. The van der Waals surface area contributed by atoms with E-state index in [1.807, 2.05) is 58.0 Å². The lowest BCUT2D eigenvalue weighted by Gasteiger charge is -2.22. The molecule has 5 rings (SSSR count).